The van der Waals surface area contributed by atoms with Gasteiger partial charge in [-0.3, -0.25) is 4.79 Å². The van der Waals surface area contributed by atoms with Crippen LogP contribution in [-0.2, 0) is 0 Å². The third kappa shape index (κ3) is 5.60. The van der Waals surface area contributed by atoms with Gasteiger partial charge in [-0.15, -0.1) is 13.2 Å². The third-order valence-electron chi connectivity index (χ3n) is 5.22. The zero-order valence-electron chi connectivity index (χ0n) is 18.7. The number of carbonyl (C=O) groups is 1. The van der Waals surface area contributed by atoms with Crippen LogP contribution in [0.3, 0.4) is 0 Å². The number of hydrogen-bond acceptors (Lipinski definition) is 5. The Morgan fingerprint density at radius 2 is 1.79 bits per heavy atom. The van der Waals surface area contributed by atoms with Crippen LogP contribution in [0.2, 0.25) is 0 Å². The molecule has 0 N–H and O–H groups in total. The number of imidazole rings is 1. The zero-order chi connectivity index (χ0) is 24.3. The van der Waals surface area contributed by atoms with E-state index in [-0.39, 0.29) is 11.5 Å². The van der Waals surface area contributed by atoms with Crippen LogP contribution in [0, 0.1) is 0 Å². The van der Waals surface area contributed by atoms with Crippen molar-refractivity contribution in [2.75, 3.05) is 20.6 Å². The molecule has 176 valence electrons. The number of rotatable bonds is 8. The second-order valence-corrected chi connectivity index (χ2v) is 8.12. The van der Waals surface area contributed by atoms with Gasteiger partial charge in [0.05, 0.1) is 17.6 Å². The summed E-state index contributed by atoms with van der Waals surface area (Å²) in [5.74, 6) is -0.258. The Hall–Kier alpha value is -3.72. The molecule has 34 heavy (non-hydrogen) atoms. The summed E-state index contributed by atoms with van der Waals surface area (Å²) in [4.78, 5) is 19.0. The van der Waals surface area contributed by atoms with Crippen LogP contribution in [0.5, 0.6) is 5.75 Å². The van der Waals surface area contributed by atoms with E-state index >= 15 is 0 Å². The number of aromatic nitrogens is 3. The maximum absolute atomic E-state index is 12.6. The van der Waals surface area contributed by atoms with Crippen molar-refractivity contribution in [1.29, 1.82) is 0 Å². The van der Waals surface area contributed by atoms with Gasteiger partial charge in [-0.05, 0) is 57.4 Å². The molecule has 9 heteroatoms. The molecule has 0 aliphatic rings. The van der Waals surface area contributed by atoms with E-state index in [1.165, 1.54) is 18.2 Å². The number of alkyl halides is 3. The Morgan fingerprint density at radius 1 is 1.03 bits per heavy atom. The number of nitrogens with zero attached hydrogens (tertiary/aromatic N) is 4. The van der Waals surface area contributed by atoms with E-state index in [0.29, 0.717) is 34.6 Å². The summed E-state index contributed by atoms with van der Waals surface area (Å²) in [7, 11) is 3.94. The number of carbonyl (C=O) groups excluding carboxylic acids is 1. The molecule has 2 aromatic carbocycles. The molecule has 0 bridgehead atoms. The fourth-order valence-corrected chi connectivity index (χ4v) is 3.63. The Kier molecular flexibility index (Phi) is 6.65. The molecule has 0 aliphatic carbocycles. The van der Waals surface area contributed by atoms with E-state index in [1.54, 1.807) is 41.0 Å². The molecular formula is C25H23F3N4O2. The smallest absolute Gasteiger partial charge is 0.406 e. The summed E-state index contributed by atoms with van der Waals surface area (Å²) >= 11 is 0. The molecule has 0 saturated heterocycles. The minimum atomic E-state index is -4.78. The van der Waals surface area contributed by atoms with Crippen molar-refractivity contribution in [3.63, 3.8) is 0 Å². The van der Waals surface area contributed by atoms with Gasteiger partial charge in [-0.1, -0.05) is 30.3 Å². The van der Waals surface area contributed by atoms with E-state index < -0.39 is 6.36 Å². The number of hydrogen-bond donors (Lipinski definition) is 0. The van der Waals surface area contributed by atoms with E-state index in [2.05, 4.69) is 14.8 Å². The first-order chi connectivity index (χ1) is 16.2. The van der Waals surface area contributed by atoms with Gasteiger partial charge in [0.15, 0.2) is 11.4 Å². The van der Waals surface area contributed by atoms with Gasteiger partial charge in [0.25, 0.3) is 0 Å². The van der Waals surface area contributed by atoms with Crippen LogP contribution in [0.25, 0.3) is 28.2 Å². The van der Waals surface area contributed by atoms with Gasteiger partial charge in [-0.2, -0.15) is 5.10 Å². The molecule has 0 amide bonds. The Bertz CT molecular complexity index is 1320. The van der Waals surface area contributed by atoms with Crippen LogP contribution >= 0.6 is 0 Å². The lowest BCUT2D eigenvalue weighted by Gasteiger charge is -2.10. The Balaban J connectivity index is 1.64. The minimum absolute atomic E-state index is 0.0644. The first kappa shape index (κ1) is 23.4. The molecule has 0 radical (unpaired) electrons. The molecule has 0 saturated carbocycles. The SMILES string of the molecule is CN(C)CCCC(=O)c1cccc(-c2ccc3ncc(-c4cccc(OC(F)(F)F)c4)n3n2)c1. The topological polar surface area (TPSA) is 59.7 Å². The molecule has 0 atom stereocenters. The summed E-state index contributed by atoms with van der Waals surface area (Å²) in [6, 6.07) is 16.5. The number of Topliss-reactive ketones (excluding diaryl/α,β-unsaturated/α-hetero) is 1. The molecule has 2 heterocycles. The molecule has 4 rings (SSSR count). The number of ether oxygens (including phenoxy) is 1. The Morgan fingerprint density at radius 3 is 2.56 bits per heavy atom. The second kappa shape index (κ2) is 9.64. The highest BCUT2D eigenvalue weighted by Crippen LogP contribution is 2.29. The summed E-state index contributed by atoms with van der Waals surface area (Å²) < 4.78 is 43.5. The highest BCUT2D eigenvalue weighted by Gasteiger charge is 2.31. The predicted octanol–water partition coefficient (Wildman–Crippen LogP) is 5.49. The molecular weight excluding hydrogens is 445 g/mol. The van der Waals surface area contributed by atoms with Crippen LogP contribution in [0.15, 0.2) is 66.9 Å². The van der Waals surface area contributed by atoms with E-state index in [0.717, 1.165) is 18.5 Å². The van der Waals surface area contributed by atoms with Gasteiger partial charge in [0.1, 0.15) is 5.75 Å². The molecule has 4 aromatic rings. The molecule has 0 spiro atoms. The van der Waals surface area contributed by atoms with E-state index in [1.807, 2.05) is 31.1 Å². The highest BCUT2D eigenvalue weighted by molar-refractivity contribution is 5.97. The van der Waals surface area contributed by atoms with Crippen molar-refractivity contribution >= 4 is 11.4 Å². The molecule has 0 aliphatic heterocycles. The van der Waals surface area contributed by atoms with Crippen LogP contribution in [0.1, 0.15) is 23.2 Å². The average Bonchev–Trinajstić information content (AvgIpc) is 3.21. The quantitative estimate of drug-likeness (QED) is 0.320. The minimum Gasteiger partial charge on any atom is -0.406 e. The lowest BCUT2D eigenvalue weighted by Crippen LogP contribution is -2.17. The van der Waals surface area contributed by atoms with Crippen molar-refractivity contribution < 1.29 is 22.7 Å². The van der Waals surface area contributed by atoms with Crippen molar-refractivity contribution in [3.05, 3.63) is 72.4 Å². The van der Waals surface area contributed by atoms with Crippen molar-refractivity contribution in [1.82, 2.24) is 19.5 Å². The first-order valence-corrected chi connectivity index (χ1v) is 10.7. The predicted molar refractivity (Wildman–Crippen MR) is 123 cm³/mol. The molecule has 0 unspecified atom stereocenters. The fraction of sp³-hybridized carbons (Fsp3) is 0.240. The standard InChI is InChI=1S/C25H23F3N4O2/c1-31(2)13-5-10-23(33)19-8-3-6-17(14-19)21-11-12-24-29-16-22(32(24)30-21)18-7-4-9-20(15-18)34-25(26,27)28/h3-4,6-9,11-12,14-16H,5,10,13H2,1-2H3. The number of ketones is 1. The average molecular weight is 468 g/mol. The van der Waals surface area contributed by atoms with Crippen molar-refractivity contribution in [2.24, 2.45) is 0 Å². The lowest BCUT2D eigenvalue weighted by molar-refractivity contribution is -0.274. The van der Waals surface area contributed by atoms with E-state index in [9.17, 15) is 18.0 Å². The molecule has 0 fully saturated rings. The second-order valence-electron chi connectivity index (χ2n) is 8.12. The van der Waals surface area contributed by atoms with E-state index in [4.69, 9.17) is 0 Å². The maximum atomic E-state index is 12.6. The third-order valence-corrected chi connectivity index (χ3v) is 5.22. The monoisotopic (exact) mass is 468 g/mol. The van der Waals surface area contributed by atoms with Gasteiger partial charge >= 0.3 is 6.36 Å². The van der Waals surface area contributed by atoms with Gasteiger partial charge in [0.2, 0.25) is 0 Å². The van der Waals surface area contributed by atoms with Crippen LogP contribution < -0.4 is 4.74 Å². The summed E-state index contributed by atoms with van der Waals surface area (Å²) in [6.07, 6.45) is -2.01. The number of benzene rings is 2. The maximum Gasteiger partial charge on any atom is 0.573 e. The molecule has 2 aromatic heterocycles. The van der Waals surface area contributed by atoms with Crippen molar-refractivity contribution in [2.45, 2.75) is 19.2 Å². The largest absolute Gasteiger partial charge is 0.573 e. The summed E-state index contributed by atoms with van der Waals surface area (Å²) in [5.41, 5.74) is 3.51. The normalized spacial score (nSPS) is 11.8. The van der Waals surface area contributed by atoms with Gasteiger partial charge in [-0.25, -0.2) is 9.50 Å². The molecule has 6 nitrogen and oxygen atoms in total. The Labute approximate surface area is 194 Å². The van der Waals surface area contributed by atoms with Crippen LogP contribution in [-0.4, -0.2) is 52.3 Å². The summed E-state index contributed by atoms with van der Waals surface area (Å²) in [5, 5.41) is 4.65. The van der Waals surface area contributed by atoms with Gasteiger partial charge < -0.3 is 9.64 Å². The first-order valence-electron chi connectivity index (χ1n) is 10.7. The highest BCUT2D eigenvalue weighted by atomic mass is 19.4. The lowest BCUT2D eigenvalue weighted by atomic mass is 10.0. The number of fused-ring (bicyclic) bond motifs is 1. The van der Waals surface area contributed by atoms with Crippen molar-refractivity contribution in [3.8, 4) is 28.3 Å². The van der Waals surface area contributed by atoms with Gasteiger partial charge in [0, 0.05) is 23.1 Å². The van der Waals surface area contributed by atoms with Crippen LogP contribution in [0.4, 0.5) is 13.2 Å². The summed E-state index contributed by atoms with van der Waals surface area (Å²) in [6.45, 7) is 0.836. The fourth-order valence-electron chi connectivity index (χ4n) is 3.63. The number of halogens is 3. The zero-order valence-corrected chi connectivity index (χ0v) is 18.7.